The van der Waals surface area contributed by atoms with Crippen molar-refractivity contribution in [2.75, 3.05) is 19.8 Å². The molecule has 1 saturated heterocycles. The molecule has 1 aromatic rings. The average Bonchev–Trinajstić information content (AvgIpc) is 3.09. The van der Waals surface area contributed by atoms with E-state index in [2.05, 4.69) is 9.89 Å². The van der Waals surface area contributed by atoms with E-state index in [1.54, 1.807) is 6.26 Å². The van der Waals surface area contributed by atoms with E-state index in [0.29, 0.717) is 38.9 Å². The second-order valence-corrected chi connectivity index (χ2v) is 5.77. The molecule has 0 aromatic carbocycles. The van der Waals surface area contributed by atoms with Gasteiger partial charge < -0.3 is 18.7 Å². The van der Waals surface area contributed by atoms with Gasteiger partial charge in [-0.3, -0.25) is 0 Å². The lowest BCUT2D eigenvalue weighted by atomic mass is 9.68. The van der Waals surface area contributed by atoms with Crippen LogP contribution in [0.1, 0.15) is 36.9 Å². The van der Waals surface area contributed by atoms with Crippen molar-refractivity contribution < 1.29 is 27.5 Å². The molecule has 0 amide bonds. The molecule has 0 unspecified atom stereocenters. The molecule has 118 valence electrons. The summed E-state index contributed by atoms with van der Waals surface area (Å²) in [6.45, 7) is 0.162. The number of ether oxygens (including phenoxy) is 3. The zero-order chi connectivity index (χ0) is 14.9. The summed E-state index contributed by atoms with van der Waals surface area (Å²) in [5.74, 6) is -0.542. The molecule has 7 heteroatoms. The number of halogens is 2. The van der Waals surface area contributed by atoms with Crippen LogP contribution in [0.5, 0.6) is 0 Å². The molecular formula is C14H19F2NO4. The number of hydrogen-bond acceptors (Lipinski definition) is 5. The van der Waals surface area contributed by atoms with Crippen molar-refractivity contribution >= 4 is 0 Å². The highest BCUT2D eigenvalue weighted by atomic mass is 19.3. The summed E-state index contributed by atoms with van der Waals surface area (Å²) in [6.07, 6.45) is 4.14. The normalized spacial score (nSPS) is 24.0. The summed E-state index contributed by atoms with van der Waals surface area (Å²) in [5.41, 5.74) is 1.05. The van der Waals surface area contributed by atoms with Gasteiger partial charge in [0.2, 0.25) is 0 Å². The fourth-order valence-corrected chi connectivity index (χ4v) is 3.41. The van der Waals surface area contributed by atoms with E-state index < -0.39 is 17.8 Å². The zero-order valence-corrected chi connectivity index (χ0v) is 11.9. The molecule has 3 rings (SSSR count). The van der Waals surface area contributed by atoms with Crippen molar-refractivity contribution in [3.05, 3.63) is 17.5 Å². The van der Waals surface area contributed by atoms with Crippen LogP contribution in [0.15, 0.2) is 10.8 Å². The number of aromatic nitrogens is 1. The predicted octanol–water partition coefficient (Wildman–Crippen LogP) is 2.78. The Balaban J connectivity index is 1.80. The van der Waals surface area contributed by atoms with Crippen molar-refractivity contribution in [2.24, 2.45) is 0 Å². The first kappa shape index (κ1) is 14.9. The molecule has 0 atom stereocenters. The van der Waals surface area contributed by atoms with E-state index in [1.807, 2.05) is 6.92 Å². The van der Waals surface area contributed by atoms with Crippen LogP contribution in [0.25, 0.3) is 0 Å². The van der Waals surface area contributed by atoms with Gasteiger partial charge in [0, 0.05) is 23.8 Å². The number of rotatable bonds is 4. The molecule has 1 aromatic heterocycles. The van der Waals surface area contributed by atoms with Gasteiger partial charge >= 0.3 is 6.61 Å². The number of hydrogen-bond donors (Lipinski definition) is 0. The SMILES string of the molecule is Cc1nocc1C1(COC(F)F)CCC2(CC1)OCCO2. The van der Waals surface area contributed by atoms with Crippen LogP contribution in [0, 0.1) is 6.92 Å². The summed E-state index contributed by atoms with van der Waals surface area (Å²) in [5, 5.41) is 3.87. The highest BCUT2D eigenvalue weighted by Gasteiger charge is 2.48. The highest BCUT2D eigenvalue weighted by molar-refractivity contribution is 5.26. The van der Waals surface area contributed by atoms with Crippen LogP contribution >= 0.6 is 0 Å². The fourth-order valence-electron chi connectivity index (χ4n) is 3.41. The van der Waals surface area contributed by atoms with Gasteiger partial charge in [-0.2, -0.15) is 8.78 Å². The Morgan fingerprint density at radius 1 is 1.24 bits per heavy atom. The maximum atomic E-state index is 12.5. The van der Waals surface area contributed by atoms with Gasteiger partial charge in [0.05, 0.1) is 25.5 Å². The van der Waals surface area contributed by atoms with E-state index in [-0.39, 0.29) is 6.61 Å². The first-order chi connectivity index (χ1) is 10.1. The average molecular weight is 303 g/mol. The Bertz CT molecular complexity index is 475. The molecule has 0 radical (unpaired) electrons. The van der Waals surface area contributed by atoms with Gasteiger partial charge in [-0.25, -0.2) is 0 Å². The lowest BCUT2D eigenvalue weighted by molar-refractivity contribution is -0.197. The van der Waals surface area contributed by atoms with Gasteiger partial charge in [-0.15, -0.1) is 0 Å². The molecule has 2 heterocycles. The Morgan fingerprint density at radius 3 is 2.43 bits per heavy atom. The van der Waals surface area contributed by atoms with Crippen molar-refractivity contribution in [2.45, 2.75) is 50.4 Å². The summed E-state index contributed by atoms with van der Waals surface area (Å²) in [7, 11) is 0. The van der Waals surface area contributed by atoms with Crippen LogP contribution in [-0.4, -0.2) is 37.4 Å². The Morgan fingerprint density at radius 2 is 1.90 bits per heavy atom. The first-order valence-electron chi connectivity index (χ1n) is 7.14. The van der Waals surface area contributed by atoms with Gasteiger partial charge in [-0.1, -0.05) is 5.16 Å². The molecule has 0 bridgehead atoms. The van der Waals surface area contributed by atoms with Crippen molar-refractivity contribution in [1.29, 1.82) is 0 Å². The van der Waals surface area contributed by atoms with Gasteiger partial charge in [0.25, 0.3) is 0 Å². The fraction of sp³-hybridized carbons (Fsp3) is 0.786. The Kier molecular flexibility index (Phi) is 3.98. The van der Waals surface area contributed by atoms with Crippen LogP contribution in [0.4, 0.5) is 8.78 Å². The monoisotopic (exact) mass is 303 g/mol. The lowest BCUT2D eigenvalue weighted by Gasteiger charge is -2.43. The highest BCUT2D eigenvalue weighted by Crippen LogP contribution is 2.47. The molecule has 1 saturated carbocycles. The number of alkyl halides is 2. The first-order valence-corrected chi connectivity index (χ1v) is 7.14. The maximum Gasteiger partial charge on any atom is 0.345 e. The van der Waals surface area contributed by atoms with E-state index >= 15 is 0 Å². The van der Waals surface area contributed by atoms with Crippen LogP contribution in [0.3, 0.4) is 0 Å². The third-order valence-electron chi connectivity index (χ3n) is 4.59. The zero-order valence-electron chi connectivity index (χ0n) is 11.9. The topological polar surface area (TPSA) is 53.7 Å². The molecule has 0 N–H and O–H groups in total. The minimum atomic E-state index is -2.78. The van der Waals surface area contributed by atoms with E-state index in [4.69, 9.17) is 14.0 Å². The summed E-state index contributed by atoms with van der Waals surface area (Å²) in [6, 6.07) is 0. The lowest BCUT2D eigenvalue weighted by Crippen LogP contribution is -2.45. The van der Waals surface area contributed by atoms with E-state index in [1.165, 1.54) is 0 Å². The largest absolute Gasteiger partial charge is 0.364 e. The third-order valence-corrected chi connectivity index (χ3v) is 4.59. The molecule has 21 heavy (non-hydrogen) atoms. The molecule has 1 aliphatic carbocycles. The molecule has 1 aliphatic heterocycles. The summed E-state index contributed by atoms with van der Waals surface area (Å²) in [4.78, 5) is 0. The van der Waals surface area contributed by atoms with Crippen molar-refractivity contribution in [3.8, 4) is 0 Å². The van der Waals surface area contributed by atoms with Gasteiger partial charge in [0.15, 0.2) is 5.79 Å². The standard InChI is InChI=1S/C14H19F2NO4/c1-10-11(8-21-17-10)13(9-18-12(15)16)2-4-14(5-3-13)19-6-7-20-14/h8,12H,2-7,9H2,1H3. The summed E-state index contributed by atoms with van der Waals surface area (Å²) < 4.78 is 46.0. The Labute approximate surface area is 121 Å². The number of nitrogens with zero attached hydrogens (tertiary/aromatic N) is 1. The second-order valence-electron chi connectivity index (χ2n) is 5.77. The van der Waals surface area contributed by atoms with Crippen molar-refractivity contribution in [1.82, 2.24) is 5.16 Å². The minimum absolute atomic E-state index is 0.0528. The quantitative estimate of drug-likeness (QED) is 0.856. The third kappa shape index (κ3) is 2.82. The van der Waals surface area contributed by atoms with Crippen molar-refractivity contribution in [3.63, 3.8) is 0 Å². The van der Waals surface area contributed by atoms with Crippen LogP contribution < -0.4 is 0 Å². The maximum absolute atomic E-state index is 12.5. The van der Waals surface area contributed by atoms with E-state index in [0.717, 1.165) is 11.3 Å². The minimum Gasteiger partial charge on any atom is -0.364 e. The number of aryl methyl sites for hydroxylation is 1. The van der Waals surface area contributed by atoms with Gasteiger partial charge in [-0.05, 0) is 19.8 Å². The smallest absolute Gasteiger partial charge is 0.345 e. The predicted molar refractivity (Wildman–Crippen MR) is 68.0 cm³/mol. The molecule has 5 nitrogen and oxygen atoms in total. The molecule has 2 aliphatic rings. The molecule has 1 spiro atoms. The van der Waals surface area contributed by atoms with Crippen LogP contribution in [-0.2, 0) is 19.6 Å². The van der Waals surface area contributed by atoms with Gasteiger partial charge in [0.1, 0.15) is 6.26 Å². The molecular weight excluding hydrogens is 284 g/mol. The Hall–Kier alpha value is -1.05. The van der Waals surface area contributed by atoms with Crippen LogP contribution in [0.2, 0.25) is 0 Å². The summed E-state index contributed by atoms with van der Waals surface area (Å²) >= 11 is 0. The second kappa shape index (κ2) is 5.62. The molecule has 2 fully saturated rings. The van der Waals surface area contributed by atoms with E-state index in [9.17, 15) is 8.78 Å².